The molecule has 94 valence electrons. The van der Waals surface area contributed by atoms with Crippen LogP contribution in [0.1, 0.15) is 0 Å². The summed E-state index contributed by atoms with van der Waals surface area (Å²) >= 11 is 0. The number of hydrogen-bond acceptors (Lipinski definition) is 3. The van der Waals surface area contributed by atoms with Crippen molar-refractivity contribution >= 4 is 18.5 Å². The Balaban J connectivity index is 2.39. The van der Waals surface area contributed by atoms with Crippen LogP contribution in [-0.2, 0) is 4.57 Å². The second kappa shape index (κ2) is 4.92. The van der Waals surface area contributed by atoms with Crippen molar-refractivity contribution in [3.05, 3.63) is 54.9 Å². The molecule has 1 atom stereocenters. The Bertz CT molecular complexity index is 567. The van der Waals surface area contributed by atoms with Crippen LogP contribution in [0.25, 0.3) is 0 Å². The van der Waals surface area contributed by atoms with Crippen molar-refractivity contribution in [3.8, 4) is 0 Å². The van der Waals surface area contributed by atoms with Gasteiger partial charge >= 0.3 is 0 Å². The number of anilines is 1. The molecule has 0 N–H and O–H groups in total. The van der Waals surface area contributed by atoms with Crippen LogP contribution in [0.2, 0.25) is 0 Å². The molecule has 1 unspecified atom stereocenters. The van der Waals surface area contributed by atoms with Crippen molar-refractivity contribution in [1.82, 2.24) is 0 Å². The van der Waals surface area contributed by atoms with Gasteiger partial charge in [0.25, 0.3) is 7.52 Å². The average molecular weight is 262 g/mol. The minimum atomic E-state index is -3.80. The van der Waals surface area contributed by atoms with E-state index in [4.69, 9.17) is 0 Å². The third kappa shape index (κ3) is 2.45. The van der Waals surface area contributed by atoms with Crippen LogP contribution in [0, 0.1) is 0 Å². The Morgan fingerprint density at radius 3 is 2.11 bits per heavy atom. The summed E-state index contributed by atoms with van der Waals surface area (Å²) in [6.45, 7) is 0. The normalized spacial score (nSPS) is 13.9. The molecule has 1 aromatic carbocycles. The fourth-order valence-corrected chi connectivity index (χ4v) is 2.93. The van der Waals surface area contributed by atoms with Crippen molar-refractivity contribution in [2.24, 2.45) is 0 Å². The zero-order valence-electron chi connectivity index (χ0n) is 10.4. The summed E-state index contributed by atoms with van der Waals surface area (Å²) in [5.41, 5.74) is 0.958. The van der Waals surface area contributed by atoms with Gasteiger partial charge in [-0.3, -0.25) is 4.57 Å². The summed E-state index contributed by atoms with van der Waals surface area (Å²) in [4.78, 5) is 14.2. The number of nitrogens with zero attached hydrogens (tertiary/aromatic N) is 2. The summed E-state index contributed by atoms with van der Waals surface area (Å²) < 4.78 is 13.5. The van der Waals surface area contributed by atoms with E-state index in [0.717, 1.165) is 5.69 Å². The Hall–Kier alpha value is -1.64. The molecule has 0 radical (unpaired) electrons. The molecule has 4 nitrogen and oxygen atoms in total. The monoisotopic (exact) mass is 262 g/mol. The zero-order valence-corrected chi connectivity index (χ0v) is 11.2. The Kier molecular flexibility index (Phi) is 3.50. The molecule has 0 aliphatic carbocycles. The first kappa shape index (κ1) is 12.8. The lowest BCUT2D eigenvalue weighted by molar-refractivity contribution is -0.556. The lowest BCUT2D eigenvalue weighted by atomic mass is 10.4. The molecule has 18 heavy (non-hydrogen) atoms. The third-order valence-corrected chi connectivity index (χ3v) is 4.52. The van der Waals surface area contributed by atoms with Crippen LogP contribution in [0.4, 0.5) is 5.69 Å². The predicted octanol–water partition coefficient (Wildman–Crippen LogP) is 0.767. The van der Waals surface area contributed by atoms with E-state index in [1.807, 2.05) is 19.0 Å². The SMILES string of the molecule is CN(C)c1cc[n+](P(=O)([O-])c2ccccc2)cc1. The first-order chi connectivity index (χ1) is 8.51. The minimum Gasteiger partial charge on any atom is -0.742 e. The molecular formula is C13H15N2O2P. The summed E-state index contributed by atoms with van der Waals surface area (Å²) in [5.74, 6) is 0. The van der Waals surface area contributed by atoms with Crippen LogP contribution in [0.15, 0.2) is 54.9 Å². The lowest BCUT2D eigenvalue weighted by Gasteiger charge is -2.18. The fraction of sp³-hybridized carbons (Fsp3) is 0.154. The molecule has 1 heterocycles. The molecule has 0 saturated carbocycles. The molecule has 2 rings (SSSR count). The molecule has 1 aromatic heterocycles. The van der Waals surface area contributed by atoms with Crippen molar-refractivity contribution in [2.75, 3.05) is 19.0 Å². The maximum absolute atomic E-state index is 12.3. The molecule has 0 aliphatic rings. The van der Waals surface area contributed by atoms with E-state index in [0.29, 0.717) is 5.30 Å². The van der Waals surface area contributed by atoms with Crippen LogP contribution in [-0.4, -0.2) is 14.1 Å². The highest BCUT2D eigenvalue weighted by molar-refractivity contribution is 7.58. The maximum Gasteiger partial charge on any atom is 0.296 e. The van der Waals surface area contributed by atoms with Gasteiger partial charge in [-0.15, -0.1) is 0 Å². The van der Waals surface area contributed by atoms with E-state index in [1.54, 1.807) is 54.9 Å². The van der Waals surface area contributed by atoms with Gasteiger partial charge < -0.3 is 9.79 Å². The average Bonchev–Trinajstić information content (AvgIpc) is 2.40. The molecule has 0 saturated heterocycles. The van der Waals surface area contributed by atoms with Crippen molar-refractivity contribution < 1.29 is 13.8 Å². The van der Waals surface area contributed by atoms with Gasteiger partial charge in [0.05, 0.1) is 5.30 Å². The first-order valence-electron chi connectivity index (χ1n) is 5.58. The largest absolute Gasteiger partial charge is 0.742 e. The lowest BCUT2D eigenvalue weighted by Crippen LogP contribution is -2.41. The minimum absolute atomic E-state index is 0.313. The number of aromatic nitrogens is 1. The van der Waals surface area contributed by atoms with E-state index in [9.17, 15) is 9.46 Å². The molecule has 5 heteroatoms. The molecule has 0 fully saturated rings. The standard InChI is InChI=1S/C13H15N2O2P/c1-14(2)12-8-10-15(11-9-12)18(16,17)13-6-4-3-5-7-13/h3-11H,1-2H3. The smallest absolute Gasteiger partial charge is 0.296 e. The highest BCUT2D eigenvalue weighted by Gasteiger charge is 2.21. The number of rotatable bonds is 3. The molecule has 0 bridgehead atoms. The second-order valence-electron chi connectivity index (χ2n) is 4.19. The Labute approximate surface area is 107 Å². The van der Waals surface area contributed by atoms with E-state index in [-0.39, 0.29) is 0 Å². The summed E-state index contributed by atoms with van der Waals surface area (Å²) in [7, 11) is 0.0216. The Morgan fingerprint density at radius 2 is 1.61 bits per heavy atom. The fourth-order valence-electron chi connectivity index (χ4n) is 1.63. The quantitative estimate of drug-likeness (QED) is 0.767. The first-order valence-corrected chi connectivity index (χ1v) is 7.16. The van der Waals surface area contributed by atoms with Gasteiger partial charge in [-0.1, -0.05) is 18.2 Å². The molecule has 0 spiro atoms. The van der Waals surface area contributed by atoms with E-state index >= 15 is 0 Å². The van der Waals surface area contributed by atoms with Gasteiger partial charge in [0, 0.05) is 31.9 Å². The third-order valence-electron chi connectivity index (χ3n) is 2.70. The highest BCUT2D eigenvalue weighted by atomic mass is 31.2. The maximum atomic E-state index is 12.3. The van der Waals surface area contributed by atoms with Gasteiger partial charge in [-0.05, 0) is 12.1 Å². The topological polar surface area (TPSA) is 47.2 Å². The molecule has 2 aromatic rings. The van der Waals surface area contributed by atoms with Crippen LogP contribution >= 0.6 is 7.52 Å². The van der Waals surface area contributed by atoms with Gasteiger partial charge in [0.2, 0.25) is 0 Å². The molecular weight excluding hydrogens is 247 g/mol. The number of pyridine rings is 1. The van der Waals surface area contributed by atoms with Crippen molar-refractivity contribution in [3.63, 3.8) is 0 Å². The highest BCUT2D eigenvalue weighted by Crippen LogP contribution is 2.27. The van der Waals surface area contributed by atoms with Crippen LogP contribution in [0.5, 0.6) is 0 Å². The van der Waals surface area contributed by atoms with E-state index in [2.05, 4.69) is 0 Å². The van der Waals surface area contributed by atoms with Gasteiger partial charge in [-0.2, -0.15) is 4.34 Å². The van der Waals surface area contributed by atoms with Crippen LogP contribution < -0.4 is 19.4 Å². The summed E-state index contributed by atoms with van der Waals surface area (Å²) in [5, 5.41) is 0.313. The second-order valence-corrected chi connectivity index (χ2v) is 6.21. The predicted molar refractivity (Wildman–Crippen MR) is 70.0 cm³/mol. The van der Waals surface area contributed by atoms with E-state index in [1.165, 1.54) is 4.34 Å². The number of benzene rings is 1. The van der Waals surface area contributed by atoms with Gasteiger partial charge in [-0.25, -0.2) is 0 Å². The zero-order chi connectivity index (χ0) is 13.2. The van der Waals surface area contributed by atoms with Gasteiger partial charge in [0.1, 0.15) is 0 Å². The summed E-state index contributed by atoms with van der Waals surface area (Å²) in [6.07, 6.45) is 3.13. The van der Waals surface area contributed by atoms with Crippen molar-refractivity contribution in [1.29, 1.82) is 0 Å². The van der Waals surface area contributed by atoms with E-state index < -0.39 is 7.52 Å². The number of hydrogen-bond donors (Lipinski definition) is 0. The molecule has 0 amide bonds. The molecule has 0 aliphatic heterocycles. The van der Waals surface area contributed by atoms with Crippen LogP contribution in [0.3, 0.4) is 0 Å². The van der Waals surface area contributed by atoms with Crippen molar-refractivity contribution in [2.45, 2.75) is 0 Å². The van der Waals surface area contributed by atoms with Gasteiger partial charge in [0.15, 0.2) is 12.4 Å². The summed E-state index contributed by atoms with van der Waals surface area (Å²) in [6, 6.07) is 12.0. The Morgan fingerprint density at radius 1 is 1.06 bits per heavy atom.